The Labute approximate surface area is 128 Å². The van der Waals surface area contributed by atoms with Crippen molar-refractivity contribution in [3.63, 3.8) is 0 Å². The number of carbonyl (C=O) groups is 1. The number of fused-ring (bicyclic) bond motifs is 1. The number of rotatable bonds is 4. The van der Waals surface area contributed by atoms with Crippen molar-refractivity contribution in [1.29, 1.82) is 0 Å². The molecule has 0 saturated carbocycles. The number of aromatic hydroxyl groups is 1. The zero-order chi connectivity index (χ0) is 15.5. The van der Waals surface area contributed by atoms with Gasteiger partial charge in [-0.1, -0.05) is 54.6 Å². The molecule has 3 aromatic carbocycles. The highest BCUT2D eigenvalue weighted by atomic mass is 16.4. The summed E-state index contributed by atoms with van der Waals surface area (Å²) in [5.74, 6) is -1.26. The molecule has 0 aliphatic heterocycles. The zero-order valence-corrected chi connectivity index (χ0v) is 12.0. The van der Waals surface area contributed by atoms with E-state index in [1.165, 1.54) is 6.07 Å². The van der Waals surface area contributed by atoms with Crippen LogP contribution in [0.4, 0.5) is 0 Å². The summed E-state index contributed by atoms with van der Waals surface area (Å²) in [5.41, 5.74) is 1.84. The maximum absolute atomic E-state index is 11.5. The number of hydrogen-bond donors (Lipinski definition) is 2. The Bertz CT molecular complexity index is 823. The van der Waals surface area contributed by atoms with Crippen LogP contribution in [-0.2, 0) is 12.8 Å². The maximum atomic E-state index is 11.5. The molecule has 0 saturated heterocycles. The lowest BCUT2D eigenvalue weighted by atomic mass is 9.93. The second-order valence-corrected chi connectivity index (χ2v) is 5.26. The van der Waals surface area contributed by atoms with Gasteiger partial charge in [-0.2, -0.15) is 0 Å². The van der Waals surface area contributed by atoms with Crippen molar-refractivity contribution in [2.45, 2.75) is 12.8 Å². The Hall–Kier alpha value is -2.81. The quantitative estimate of drug-likeness (QED) is 0.763. The number of phenols is 1. The molecule has 0 aliphatic carbocycles. The standard InChI is InChI=1S/C19H16O3/c20-17-12-14-8-4-5-9-15(14)16(18(17)19(21)22)11-10-13-6-2-1-3-7-13/h1-9,12,20H,10-11H2,(H,21,22). The van der Waals surface area contributed by atoms with Crippen LogP contribution in [0.25, 0.3) is 10.8 Å². The SMILES string of the molecule is O=C(O)c1c(O)cc2ccccc2c1CCc1ccccc1. The third-order valence-corrected chi connectivity index (χ3v) is 3.86. The molecule has 0 atom stereocenters. The van der Waals surface area contributed by atoms with Crippen LogP contribution >= 0.6 is 0 Å². The van der Waals surface area contributed by atoms with Gasteiger partial charge >= 0.3 is 5.97 Å². The second-order valence-electron chi connectivity index (χ2n) is 5.26. The summed E-state index contributed by atoms with van der Waals surface area (Å²) in [6.07, 6.45) is 1.30. The van der Waals surface area contributed by atoms with Gasteiger partial charge in [0, 0.05) is 0 Å². The van der Waals surface area contributed by atoms with E-state index >= 15 is 0 Å². The van der Waals surface area contributed by atoms with Gasteiger partial charge in [0.25, 0.3) is 0 Å². The van der Waals surface area contributed by atoms with Crippen LogP contribution in [-0.4, -0.2) is 16.2 Å². The van der Waals surface area contributed by atoms with Gasteiger partial charge in [0.1, 0.15) is 11.3 Å². The Morgan fingerprint density at radius 1 is 0.909 bits per heavy atom. The average molecular weight is 292 g/mol. The molecule has 0 heterocycles. The van der Waals surface area contributed by atoms with E-state index in [4.69, 9.17) is 0 Å². The van der Waals surface area contributed by atoms with Crippen molar-refractivity contribution in [3.8, 4) is 5.75 Å². The number of aryl methyl sites for hydroxylation is 2. The minimum absolute atomic E-state index is 0.00892. The molecule has 3 heteroatoms. The van der Waals surface area contributed by atoms with Gasteiger partial charge in [-0.25, -0.2) is 4.79 Å². The molecule has 3 aromatic rings. The average Bonchev–Trinajstić information content (AvgIpc) is 2.52. The lowest BCUT2D eigenvalue weighted by Gasteiger charge is -2.12. The monoisotopic (exact) mass is 292 g/mol. The van der Waals surface area contributed by atoms with Crippen LogP contribution in [0.1, 0.15) is 21.5 Å². The van der Waals surface area contributed by atoms with Gasteiger partial charge in [-0.15, -0.1) is 0 Å². The number of aromatic carboxylic acids is 1. The lowest BCUT2D eigenvalue weighted by molar-refractivity contribution is 0.0692. The summed E-state index contributed by atoms with van der Waals surface area (Å²) in [4.78, 5) is 11.5. The Morgan fingerprint density at radius 2 is 1.59 bits per heavy atom. The first-order valence-corrected chi connectivity index (χ1v) is 7.17. The van der Waals surface area contributed by atoms with Crippen molar-refractivity contribution >= 4 is 16.7 Å². The summed E-state index contributed by atoms with van der Waals surface area (Å²) in [6.45, 7) is 0. The zero-order valence-electron chi connectivity index (χ0n) is 12.0. The normalized spacial score (nSPS) is 10.7. The molecule has 22 heavy (non-hydrogen) atoms. The molecule has 0 spiro atoms. The third kappa shape index (κ3) is 2.66. The van der Waals surface area contributed by atoms with Gasteiger partial charge in [0.2, 0.25) is 0 Å². The van der Waals surface area contributed by atoms with Crippen LogP contribution in [0.15, 0.2) is 60.7 Å². The number of hydrogen-bond acceptors (Lipinski definition) is 2. The van der Waals surface area contributed by atoms with Crippen molar-refractivity contribution in [2.75, 3.05) is 0 Å². The molecule has 2 N–H and O–H groups in total. The van der Waals surface area contributed by atoms with E-state index in [2.05, 4.69) is 0 Å². The number of carboxylic acid groups (broad SMARTS) is 1. The van der Waals surface area contributed by atoms with Crippen LogP contribution in [0.2, 0.25) is 0 Å². The fourth-order valence-electron chi connectivity index (χ4n) is 2.82. The number of carboxylic acids is 1. The van der Waals surface area contributed by atoms with E-state index in [9.17, 15) is 15.0 Å². The van der Waals surface area contributed by atoms with Crippen molar-refractivity contribution in [3.05, 3.63) is 77.4 Å². The number of benzene rings is 3. The minimum atomic E-state index is -1.09. The molecular formula is C19H16O3. The van der Waals surface area contributed by atoms with E-state index in [1.54, 1.807) is 0 Å². The molecule has 0 aromatic heterocycles. The molecule has 0 fully saturated rings. The summed E-state index contributed by atoms with van der Waals surface area (Å²) in [6, 6.07) is 19.0. The first-order chi connectivity index (χ1) is 10.7. The van der Waals surface area contributed by atoms with Crippen LogP contribution in [0.5, 0.6) is 5.75 Å². The fourth-order valence-corrected chi connectivity index (χ4v) is 2.82. The van der Waals surface area contributed by atoms with Crippen LogP contribution in [0.3, 0.4) is 0 Å². The van der Waals surface area contributed by atoms with E-state index in [1.807, 2.05) is 54.6 Å². The Morgan fingerprint density at radius 3 is 2.32 bits per heavy atom. The molecule has 0 bridgehead atoms. The van der Waals surface area contributed by atoms with Gasteiger partial charge in [0.15, 0.2) is 0 Å². The van der Waals surface area contributed by atoms with E-state index in [0.717, 1.165) is 22.8 Å². The highest BCUT2D eigenvalue weighted by Gasteiger charge is 2.18. The molecule has 3 rings (SSSR count). The predicted molar refractivity (Wildman–Crippen MR) is 86.4 cm³/mol. The van der Waals surface area contributed by atoms with Crippen molar-refractivity contribution in [2.24, 2.45) is 0 Å². The largest absolute Gasteiger partial charge is 0.507 e. The highest BCUT2D eigenvalue weighted by molar-refractivity contribution is 6.00. The summed E-state index contributed by atoms with van der Waals surface area (Å²) in [7, 11) is 0. The third-order valence-electron chi connectivity index (χ3n) is 3.86. The molecule has 0 aliphatic rings. The first kappa shape index (κ1) is 14.1. The van der Waals surface area contributed by atoms with Gasteiger partial charge in [0.05, 0.1) is 0 Å². The highest BCUT2D eigenvalue weighted by Crippen LogP contribution is 2.31. The van der Waals surface area contributed by atoms with E-state index < -0.39 is 5.97 Å². The maximum Gasteiger partial charge on any atom is 0.339 e. The topological polar surface area (TPSA) is 57.5 Å². The molecule has 3 nitrogen and oxygen atoms in total. The van der Waals surface area contributed by atoms with Gasteiger partial charge < -0.3 is 10.2 Å². The summed E-state index contributed by atoms with van der Waals surface area (Å²) < 4.78 is 0. The van der Waals surface area contributed by atoms with E-state index in [0.29, 0.717) is 12.0 Å². The summed E-state index contributed by atoms with van der Waals surface area (Å²) >= 11 is 0. The van der Waals surface area contributed by atoms with Crippen molar-refractivity contribution in [1.82, 2.24) is 0 Å². The van der Waals surface area contributed by atoms with Crippen LogP contribution < -0.4 is 0 Å². The minimum Gasteiger partial charge on any atom is -0.507 e. The Kier molecular flexibility index (Phi) is 3.79. The van der Waals surface area contributed by atoms with E-state index in [-0.39, 0.29) is 11.3 Å². The molecule has 0 amide bonds. The molecular weight excluding hydrogens is 276 g/mol. The van der Waals surface area contributed by atoms with Gasteiger partial charge in [-0.05, 0) is 40.8 Å². The van der Waals surface area contributed by atoms with Crippen LogP contribution in [0, 0.1) is 0 Å². The Balaban J connectivity index is 2.09. The predicted octanol–water partition coefficient (Wildman–Crippen LogP) is 4.03. The summed E-state index contributed by atoms with van der Waals surface area (Å²) in [5, 5.41) is 21.3. The van der Waals surface area contributed by atoms with Crippen molar-refractivity contribution < 1.29 is 15.0 Å². The molecule has 0 radical (unpaired) electrons. The smallest absolute Gasteiger partial charge is 0.339 e. The fraction of sp³-hybridized carbons (Fsp3) is 0.105. The second kappa shape index (κ2) is 5.90. The van der Waals surface area contributed by atoms with Gasteiger partial charge in [-0.3, -0.25) is 0 Å². The molecule has 110 valence electrons. The lowest BCUT2D eigenvalue weighted by Crippen LogP contribution is -2.05. The first-order valence-electron chi connectivity index (χ1n) is 7.17. The molecule has 0 unspecified atom stereocenters.